The Hall–Kier alpha value is -2.26. The maximum absolute atomic E-state index is 12.0. The standard InChI is InChI=1S/C22H40N4O8.C9H18O.C2H6.CH4S/c1-5-6-18(22(33)34)26-13-11-24(16(3)20(29)30)9-7-23(15(2)19(27)28)8-10-25(12-14-26)17(4)21(31)32;1-6-9(4,5)8(10)7(2)3;2*1-2/h15-18H,5-14H2,1-4H3,(H,27,28)(H,29,30)(H,31,32)(H,33,34);7H,6H2,1-5H3;1-2H3;2H,1H3. The van der Waals surface area contributed by atoms with Crippen LogP contribution >= 0.6 is 12.6 Å². The third kappa shape index (κ3) is 18.5. The van der Waals surface area contributed by atoms with Crippen molar-refractivity contribution in [1.82, 2.24) is 19.6 Å². The van der Waals surface area contributed by atoms with Gasteiger partial charge in [0.15, 0.2) is 0 Å². The molecule has 0 spiro atoms. The van der Waals surface area contributed by atoms with Crippen molar-refractivity contribution in [3.8, 4) is 0 Å². The van der Waals surface area contributed by atoms with Crippen LogP contribution < -0.4 is 0 Å². The van der Waals surface area contributed by atoms with Gasteiger partial charge in [-0.05, 0) is 39.9 Å². The minimum atomic E-state index is -1.02. The van der Waals surface area contributed by atoms with Gasteiger partial charge in [-0.1, -0.05) is 61.8 Å². The molecule has 1 aliphatic rings. The summed E-state index contributed by atoms with van der Waals surface area (Å²) in [5.74, 6) is -3.46. The molecule has 0 aromatic heterocycles. The molecule has 4 atom stereocenters. The molecular formula is C34H68N4O9S. The van der Waals surface area contributed by atoms with Gasteiger partial charge in [0.05, 0.1) is 0 Å². The average Bonchev–Trinajstić information content (AvgIpc) is 3.04. The van der Waals surface area contributed by atoms with Gasteiger partial charge >= 0.3 is 23.9 Å². The van der Waals surface area contributed by atoms with E-state index in [4.69, 9.17) is 0 Å². The van der Waals surface area contributed by atoms with Crippen LogP contribution in [0.1, 0.15) is 95.4 Å². The van der Waals surface area contributed by atoms with Crippen molar-refractivity contribution in [2.45, 2.75) is 120 Å². The van der Waals surface area contributed by atoms with Gasteiger partial charge in [0.1, 0.15) is 30.0 Å². The van der Waals surface area contributed by atoms with Gasteiger partial charge in [0.25, 0.3) is 0 Å². The number of carbonyl (C=O) groups is 5. The van der Waals surface area contributed by atoms with Gasteiger partial charge in [0.2, 0.25) is 0 Å². The highest BCUT2D eigenvalue weighted by atomic mass is 32.1. The van der Waals surface area contributed by atoms with Crippen molar-refractivity contribution < 1.29 is 44.4 Å². The van der Waals surface area contributed by atoms with E-state index in [-0.39, 0.29) is 50.6 Å². The zero-order valence-electron chi connectivity index (χ0n) is 31.7. The quantitative estimate of drug-likeness (QED) is 0.173. The zero-order valence-corrected chi connectivity index (χ0v) is 32.6. The Balaban J connectivity index is -0.00000122. The van der Waals surface area contributed by atoms with E-state index < -0.39 is 48.0 Å². The second-order valence-corrected chi connectivity index (χ2v) is 12.6. The van der Waals surface area contributed by atoms with Crippen molar-refractivity contribution >= 4 is 42.3 Å². The highest BCUT2D eigenvalue weighted by Gasteiger charge is 2.31. The lowest BCUT2D eigenvalue weighted by molar-refractivity contribution is -0.147. The molecule has 0 amide bonds. The number of carboxylic acids is 4. The van der Waals surface area contributed by atoms with Crippen LogP contribution in [0.5, 0.6) is 0 Å². The first-order valence-corrected chi connectivity index (χ1v) is 18.1. The molecule has 0 bridgehead atoms. The van der Waals surface area contributed by atoms with Crippen LogP contribution in [0.15, 0.2) is 0 Å². The molecule has 284 valence electrons. The minimum absolute atomic E-state index is 0.117. The molecular weight excluding hydrogens is 640 g/mol. The Labute approximate surface area is 295 Å². The van der Waals surface area contributed by atoms with E-state index in [1.165, 1.54) is 0 Å². The van der Waals surface area contributed by atoms with Crippen molar-refractivity contribution in [3.63, 3.8) is 0 Å². The lowest BCUT2D eigenvalue weighted by Crippen LogP contribution is -2.55. The van der Waals surface area contributed by atoms with E-state index in [0.717, 1.165) is 6.42 Å². The predicted octanol–water partition coefficient (Wildman–Crippen LogP) is 4.10. The Bertz CT molecular complexity index is 916. The second kappa shape index (κ2) is 26.6. The number of hydrogen-bond donors (Lipinski definition) is 5. The monoisotopic (exact) mass is 708 g/mol. The van der Waals surface area contributed by atoms with Crippen LogP contribution in [0.3, 0.4) is 0 Å². The van der Waals surface area contributed by atoms with E-state index in [2.05, 4.69) is 19.6 Å². The lowest BCUT2D eigenvalue weighted by atomic mass is 9.80. The average molecular weight is 709 g/mol. The van der Waals surface area contributed by atoms with E-state index in [9.17, 15) is 44.4 Å². The van der Waals surface area contributed by atoms with Crippen LogP contribution in [0.25, 0.3) is 0 Å². The molecule has 0 aromatic carbocycles. The summed E-state index contributed by atoms with van der Waals surface area (Å²) in [6.07, 6.45) is 3.70. The van der Waals surface area contributed by atoms with E-state index >= 15 is 0 Å². The molecule has 1 aliphatic heterocycles. The molecule has 1 heterocycles. The summed E-state index contributed by atoms with van der Waals surface area (Å²) in [4.78, 5) is 65.3. The molecule has 1 fully saturated rings. The van der Waals surface area contributed by atoms with Gasteiger partial charge < -0.3 is 20.4 Å². The van der Waals surface area contributed by atoms with Crippen LogP contribution in [-0.4, -0.2) is 152 Å². The fraction of sp³-hybridized carbons (Fsp3) is 0.853. The second-order valence-electron chi connectivity index (χ2n) is 12.6. The van der Waals surface area contributed by atoms with E-state index in [0.29, 0.717) is 31.7 Å². The largest absolute Gasteiger partial charge is 0.480 e. The fourth-order valence-electron chi connectivity index (χ4n) is 5.11. The summed E-state index contributed by atoms with van der Waals surface area (Å²) in [5.41, 5.74) is -0.117. The highest BCUT2D eigenvalue weighted by molar-refractivity contribution is 7.79. The molecule has 14 heteroatoms. The van der Waals surface area contributed by atoms with Crippen molar-refractivity contribution in [2.75, 3.05) is 58.6 Å². The normalized spacial score (nSPS) is 18.4. The summed E-state index contributed by atoms with van der Waals surface area (Å²) in [5, 5.41) is 38.5. The predicted molar refractivity (Wildman–Crippen MR) is 194 cm³/mol. The molecule has 1 saturated heterocycles. The molecule has 48 heavy (non-hydrogen) atoms. The fourth-order valence-corrected chi connectivity index (χ4v) is 5.11. The molecule has 13 nitrogen and oxygen atoms in total. The van der Waals surface area contributed by atoms with Crippen LogP contribution in [-0.2, 0) is 24.0 Å². The number of thiol groups is 1. The molecule has 0 saturated carbocycles. The number of nitrogens with zero attached hydrogens (tertiary/aromatic N) is 4. The van der Waals surface area contributed by atoms with E-state index in [1.807, 2.05) is 48.5 Å². The Kier molecular flexibility index (Phi) is 27.8. The smallest absolute Gasteiger partial charge is 0.320 e. The highest BCUT2D eigenvalue weighted by Crippen LogP contribution is 2.24. The third-order valence-corrected chi connectivity index (χ3v) is 8.78. The van der Waals surface area contributed by atoms with Gasteiger partial charge in [0, 0.05) is 63.7 Å². The first-order chi connectivity index (χ1) is 22.3. The maximum Gasteiger partial charge on any atom is 0.320 e. The number of aliphatic carboxylic acids is 4. The number of rotatable bonds is 13. The van der Waals surface area contributed by atoms with Crippen molar-refractivity contribution in [2.24, 2.45) is 11.3 Å². The first-order valence-electron chi connectivity index (χ1n) is 17.2. The van der Waals surface area contributed by atoms with Gasteiger partial charge in [-0.2, -0.15) is 12.6 Å². The number of carboxylic acid groups (broad SMARTS) is 4. The van der Waals surface area contributed by atoms with Crippen LogP contribution in [0.4, 0.5) is 0 Å². The Morgan fingerprint density at radius 3 is 1.02 bits per heavy atom. The molecule has 0 aliphatic carbocycles. The van der Waals surface area contributed by atoms with Gasteiger partial charge in [-0.15, -0.1) is 0 Å². The third-order valence-electron chi connectivity index (χ3n) is 8.78. The molecule has 4 unspecified atom stereocenters. The molecule has 1 rings (SSSR count). The number of Topliss-reactive ketones (excluding diaryl/α,β-unsaturated/α-hetero) is 1. The molecule has 0 aromatic rings. The van der Waals surface area contributed by atoms with Crippen molar-refractivity contribution in [3.05, 3.63) is 0 Å². The Morgan fingerprint density at radius 2 is 0.854 bits per heavy atom. The first kappa shape index (κ1) is 50.1. The van der Waals surface area contributed by atoms with Gasteiger partial charge in [-0.25, -0.2) is 0 Å². The summed E-state index contributed by atoms with van der Waals surface area (Å²) >= 11 is 3.53. The van der Waals surface area contributed by atoms with Gasteiger partial charge in [-0.3, -0.25) is 43.6 Å². The molecule has 0 radical (unpaired) electrons. The minimum Gasteiger partial charge on any atom is -0.480 e. The van der Waals surface area contributed by atoms with Crippen LogP contribution in [0.2, 0.25) is 0 Å². The van der Waals surface area contributed by atoms with Crippen LogP contribution in [0, 0.1) is 11.3 Å². The molecule has 4 N–H and O–H groups in total. The van der Waals surface area contributed by atoms with Crippen molar-refractivity contribution in [1.29, 1.82) is 0 Å². The SMILES string of the molecule is CC.CCC(C)(C)C(=O)C(C)C.CCCC(C(=O)O)N1CCN(C(C)C(=O)O)CCN(C(C)C(=O)O)CCN(C(C)C(=O)O)CC1.CS. The van der Waals surface area contributed by atoms with E-state index in [1.54, 1.807) is 46.6 Å². The summed E-state index contributed by atoms with van der Waals surface area (Å²) < 4.78 is 0. The zero-order chi connectivity index (χ0) is 38.4. The number of carbonyl (C=O) groups excluding carboxylic acids is 1. The Morgan fingerprint density at radius 1 is 0.583 bits per heavy atom. The number of ketones is 1. The maximum atomic E-state index is 12.0. The summed E-state index contributed by atoms with van der Waals surface area (Å²) in [6.45, 7) is 22.8. The summed E-state index contributed by atoms with van der Waals surface area (Å²) in [7, 11) is 0. The summed E-state index contributed by atoms with van der Waals surface area (Å²) in [6, 6.07) is -3.25. The lowest BCUT2D eigenvalue weighted by Gasteiger charge is -2.38. The topological polar surface area (TPSA) is 179 Å². The number of hydrogen-bond acceptors (Lipinski definition) is 10.